The molecule has 0 aliphatic carbocycles. The zero-order valence-corrected chi connectivity index (χ0v) is 19.7. The van der Waals surface area contributed by atoms with Gasteiger partial charge in [-0.25, -0.2) is 4.79 Å². The van der Waals surface area contributed by atoms with E-state index in [4.69, 9.17) is 9.47 Å². The molecule has 0 saturated heterocycles. The number of aromatic nitrogens is 3. The Labute approximate surface area is 204 Å². The molecule has 0 aliphatic heterocycles. The maximum atomic E-state index is 13.3. The topological polar surface area (TPSA) is 109 Å². The smallest absolute Gasteiger partial charge is 0.355 e. The van der Waals surface area contributed by atoms with E-state index in [1.807, 2.05) is 47.0 Å². The summed E-state index contributed by atoms with van der Waals surface area (Å²) in [6.45, 7) is 2.29. The predicted molar refractivity (Wildman–Crippen MR) is 133 cm³/mol. The Balaban J connectivity index is 1.80. The van der Waals surface area contributed by atoms with Crippen molar-refractivity contribution in [2.75, 3.05) is 13.7 Å². The van der Waals surface area contributed by atoms with Crippen LogP contribution in [0.1, 0.15) is 23.0 Å². The standard InChI is InChI=1S/C25H20N4O5S/c1-3-34-25(30)24-23(16-6-10-20-21(12-16)27-35-26-20)19-13-17(29(31)32)7-11-22(19)28(24)14-15-4-8-18(33-2)9-5-15/h4-13H,3,14H2,1-2H3. The van der Waals surface area contributed by atoms with Gasteiger partial charge in [-0.2, -0.15) is 8.75 Å². The molecule has 0 amide bonds. The van der Waals surface area contributed by atoms with Crippen LogP contribution < -0.4 is 4.74 Å². The highest BCUT2D eigenvalue weighted by molar-refractivity contribution is 7.00. The van der Waals surface area contributed by atoms with E-state index >= 15 is 0 Å². The lowest BCUT2D eigenvalue weighted by atomic mass is 10.0. The van der Waals surface area contributed by atoms with Crippen molar-refractivity contribution in [3.63, 3.8) is 0 Å². The summed E-state index contributed by atoms with van der Waals surface area (Å²) in [5, 5.41) is 12.2. The summed E-state index contributed by atoms with van der Waals surface area (Å²) >= 11 is 1.10. The SMILES string of the molecule is CCOC(=O)c1c(-c2ccc3nsnc3c2)c2cc([N+](=O)[O-])ccc2n1Cc1ccc(OC)cc1. The van der Waals surface area contributed by atoms with Gasteiger partial charge in [0.25, 0.3) is 5.69 Å². The van der Waals surface area contributed by atoms with Crippen LogP contribution in [0.3, 0.4) is 0 Å². The number of rotatable bonds is 7. The third-order valence-electron chi connectivity index (χ3n) is 5.77. The van der Waals surface area contributed by atoms with Crippen LogP contribution in [-0.2, 0) is 11.3 Å². The van der Waals surface area contributed by atoms with E-state index in [-0.39, 0.29) is 12.3 Å². The number of benzene rings is 3. The number of hydrogen-bond donors (Lipinski definition) is 0. The van der Waals surface area contributed by atoms with Crippen LogP contribution in [-0.4, -0.2) is 37.9 Å². The summed E-state index contributed by atoms with van der Waals surface area (Å²) in [5.41, 5.74) is 4.55. The molecule has 0 saturated carbocycles. The van der Waals surface area contributed by atoms with Gasteiger partial charge in [0.1, 0.15) is 22.5 Å². The molecule has 0 aliphatic rings. The average Bonchev–Trinajstić information content (AvgIpc) is 3.46. The van der Waals surface area contributed by atoms with Gasteiger partial charge in [-0.15, -0.1) is 0 Å². The molecule has 2 heterocycles. The number of ether oxygens (including phenoxy) is 2. The second kappa shape index (κ2) is 9.15. The van der Waals surface area contributed by atoms with Crippen molar-refractivity contribution in [2.24, 2.45) is 0 Å². The Morgan fingerprint density at radius 1 is 1.06 bits per heavy atom. The third kappa shape index (κ3) is 4.08. The van der Waals surface area contributed by atoms with E-state index in [0.29, 0.717) is 39.8 Å². The zero-order valence-electron chi connectivity index (χ0n) is 18.9. The van der Waals surface area contributed by atoms with Crippen LogP contribution in [0.2, 0.25) is 0 Å². The normalized spacial score (nSPS) is 11.1. The Morgan fingerprint density at radius 3 is 2.54 bits per heavy atom. The minimum Gasteiger partial charge on any atom is -0.497 e. The molecule has 176 valence electrons. The first-order valence-electron chi connectivity index (χ1n) is 10.8. The number of fused-ring (bicyclic) bond motifs is 2. The Bertz CT molecular complexity index is 1570. The van der Waals surface area contributed by atoms with E-state index in [2.05, 4.69) is 8.75 Å². The molecule has 9 nitrogen and oxygen atoms in total. The third-order valence-corrected chi connectivity index (χ3v) is 6.33. The van der Waals surface area contributed by atoms with Gasteiger partial charge < -0.3 is 14.0 Å². The lowest BCUT2D eigenvalue weighted by molar-refractivity contribution is -0.384. The first-order valence-corrected chi connectivity index (χ1v) is 11.6. The number of hydrogen-bond acceptors (Lipinski definition) is 8. The summed E-state index contributed by atoms with van der Waals surface area (Å²) < 4.78 is 21.1. The highest BCUT2D eigenvalue weighted by Crippen LogP contribution is 2.39. The van der Waals surface area contributed by atoms with E-state index in [9.17, 15) is 14.9 Å². The quantitative estimate of drug-likeness (QED) is 0.170. The lowest BCUT2D eigenvalue weighted by Crippen LogP contribution is -2.14. The van der Waals surface area contributed by atoms with Crippen molar-refractivity contribution in [3.8, 4) is 16.9 Å². The molecule has 2 aromatic heterocycles. The molecule has 3 aromatic carbocycles. The Hall–Kier alpha value is -4.31. The van der Waals surface area contributed by atoms with Gasteiger partial charge >= 0.3 is 5.97 Å². The number of methoxy groups -OCH3 is 1. The van der Waals surface area contributed by atoms with Crippen LogP contribution in [0, 0.1) is 10.1 Å². The van der Waals surface area contributed by atoms with Gasteiger partial charge in [0.2, 0.25) is 0 Å². The molecule has 0 bridgehead atoms. The number of esters is 1. The minimum atomic E-state index is -0.508. The van der Waals surface area contributed by atoms with Gasteiger partial charge in [0.05, 0.1) is 35.9 Å². The van der Waals surface area contributed by atoms with Crippen molar-refractivity contribution in [2.45, 2.75) is 13.5 Å². The first-order chi connectivity index (χ1) is 17.0. The van der Waals surface area contributed by atoms with Gasteiger partial charge in [0, 0.05) is 29.6 Å². The number of non-ortho nitro benzene ring substituents is 1. The van der Waals surface area contributed by atoms with E-state index in [1.54, 1.807) is 20.1 Å². The van der Waals surface area contributed by atoms with Gasteiger partial charge in [-0.05, 0) is 48.4 Å². The second-order valence-corrected chi connectivity index (χ2v) is 8.33. The van der Waals surface area contributed by atoms with Gasteiger partial charge in [0.15, 0.2) is 0 Å². The summed E-state index contributed by atoms with van der Waals surface area (Å²) in [4.78, 5) is 24.5. The lowest BCUT2D eigenvalue weighted by Gasteiger charge is -2.12. The first kappa shape index (κ1) is 22.5. The predicted octanol–water partition coefficient (Wildman–Crippen LogP) is 5.45. The highest BCUT2D eigenvalue weighted by Gasteiger charge is 2.27. The molecule has 5 rings (SSSR count). The van der Waals surface area contributed by atoms with E-state index < -0.39 is 10.9 Å². The molecule has 0 atom stereocenters. The van der Waals surface area contributed by atoms with Gasteiger partial charge in [-0.3, -0.25) is 10.1 Å². The van der Waals surface area contributed by atoms with E-state index in [0.717, 1.165) is 28.6 Å². The van der Waals surface area contributed by atoms with Crippen LogP contribution in [0.4, 0.5) is 5.69 Å². The van der Waals surface area contributed by atoms with Crippen LogP contribution in [0.25, 0.3) is 33.1 Å². The fourth-order valence-electron chi connectivity index (χ4n) is 4.18. The van der Waals surface area contributed by atoms with Crippen molar-refractivity contribution < 1.29 is 19.2 Å². The number of nitro groups is 1. The molecule has 35 heavy (non-hydrogen) atoms. The van der Waals surface area contributed by atoms with Gasteiger partial charge in [-0.1, -0.05) is 18.2 Å². The number of nitrogens with zero attached hydrogens (tertiary/aromatic N) is 4. The Morgan fingerprint density at radius 2 is 1.83 bits per heavy atom. The maximum absolute atomic E-state index is 13.3. The van der Waals surface area contributed by atoms with Crippen molar-refractivity contribution in [3.05, 3.63) is 82.0 Å². The molecule has 0 spiro atoms. The summed E-state index contributed by atoms with van der Waals surface area (Å²) in [7, 11) is 1.60. The van der Waals surface area contributed by atoms with Crippen molar-refractivity contribution >= 4 is 45.3 Å². The molecular formula is C25H20N4O5S. The second-order valence-electron chi connectivity index (χ2n) is 7.80. The Kier molecular flexibility index (Phi) is 5.87. The molecule has 0 fully saturated rings. The molecule has 0 N–H and O–H groups in total. The van der Waals surface area contributed by atoms with Crippen LogP contribution in [0.5, 0.6) is 5.75 Å². The number of carbonyl (C=O) groups excluding carboxylic acids is 1. The van der Waals surface area contributed by atoms with E-state index in [1.165, 1.54) is 12.1 Å². The average molecular weight is 489 g/mol. The molecular weight excluding hydrogens is 468 g/mol. The minimum absolute atomic E-state index is 0.0628. The molecule has 0 radical (unpaired) electrons. The summed E-state index contributed by atoms with van der Waals surface area (Å²) in [6.07, 6.45) is 0. The fourth-order valence-corrected chi connectivity index (χ4v) is 4.69. The van der Waals surface area contributed by atoms with Crippen molar-refractivity contribution in [1.82, 2.24) is 13.3 Å². The molecule has 10 heteroatoms. The fraction of sp³-hybridized carbons (Fsp3) is 0.160. The highest BCUT2D eigenvalue weighted by atomic mass is 32.1. The van der Waals surface area contributed by atoms with Crippen molar-refractivity contribution in [1.29, 1.82) is 0 Å². The van der Waals surface area contributed by atoms with Crippen LogP contribution >= 0.6 is 11.7 Å². The zero-order chi connectivity index (χ0) is 24.5. The molecule has 0 unspecified atom stereocenters. The summed E-state index contributed by atoms with van der Waals surface area (Å²) in [6, 6.07) is 17.7. The summed E-state index contributed by atoms with van der Waals surface area (Å²) in [5.74, 6) is 0.213. The van der Waals surface area contributed by atoms with Crippen LogP contribution in [0.15, 0.2) is 60.7 Å². The monoisotopic (exact) mass is 488 g/mol. The number of carbonyl (C=O) groups is 1. The maximum Gasteiger partial charge on any atom is 0.355 e. The largest absolute Gasteiger partial charge is 0.497 e. The molecule has 5 aromatic rings. The number of nitro benzene ring substituents is 1.